The predicted molar refractivity (Wildman–Crippen MR) is 56.5 cm³/mol. The molecule has 0 saturated carbocycles. The number of allylic oxidation sites excluding steroid dienone is 1. The van der Waals surface area contributed by atoms with Gasteiger partial charge in [-0.05, 0) is 30.2 Å². The fraction of sp³-hybridized carbons (Fsp3) is 0.182. The van der Waals surface area contributed by atoms with Crippen molar-refractivity contribution < 1.29 is 14.5 Å². The molecule has 1 aromatic rings. The number of carbonyl (C=O) groups is 1. The van der Waals surface area contributed by atoms with Gasteiger partial charge in [0.2, 0.25) is 0 Å². The molecule has 1 aliphatic carbocycles. The summed E-state index contributed by atoms with van der Waals surface area (Å²) in [6.45, 7) is 0. The van der Waals surface area contributed by atoms with E-state index in [0.29, 0.717) is 17.5 Å². The third kappa shape index (κ3) is 1.56. The monoisotopic (exact) mass is 219 g/mol. The SMILES string of the molecule is COC(=O)c1ccc2c(c1)C([N+](=O)[O-])=CC2. The first-order chi connectivity index (χ1) is 7.63. The van der Waals surface area contributed by atoms with Crippen molar-refractivity contribution in [1.82, 2.24) is 0 Å². The summed E-state index contributed by atoms with van der Waals surface area (Å²) in [5.41, 5.74) is 1.75. The number of hydrogen-bond acceptors (Lipinski definition) is 4. The van der Waals surface area contributed by atoms with Gasteiger partial charge in [-0.15, -0.1) is 0 Å². The van der Waals surface area contributed by atoms with E-state index >= 15 is 0 Å². The lowest BCUT2D eigenvalue weighted by molar-refractivity contribution is -0.375. The Bertz CT molecular complexity index is 505. The largest absolute Gasteiger partial charge is 0.465 e. The van der Waals surface area contributed by atoms with Gasteiger partial charge in [0, 0.05) is 0 Å². The lowest BCUT2D eigenvalue weighted by atomic mass is 10.1. The molecule has 0 bridgehead atoms. The molecular weight excluding hydrogens is 210 g/mol. The molecule has 82 valence electrons. The topological polar surface area (TPSA) is 69.4 Å². The van der Waals surface area contributed by atoms with E-state index in [-0.39, 0.29) is 5.70 Å². The summed E-state index contributed by atoms with van der Waals surface area (Å²) in [6, 6.07) is 4.83. The fourth-order valence-electron chi connectivity index (χ4n) is 1.73. The number of nitro groups is 1. The Labute approximate surface area is 91.5 Å². The summed E-state index contributed by atoms with van der Waals surface area (Å²) in [5.74, 6) is -0.489. The first-order valence-corrected chi connectivity index (χ1v) is 4.69. The maximum absolute atomic E-state index is 11.3. The minimum absolute atomic E-state index is 0.0563. The van der Waals surface area contributed by atoms with Crippen LogP contribution in [0.15, 0.2) is 24.3 Å². The van der Waals surface area contributed by atoms with Crippen LogP contribution in [0.5, 0.6) is 0 Å². The molecular formula is C11H9NO4. The molecule has 5 heteroatoms. The van der Waals surface area contributed by atoms with Gasteiger partial charge in [-0.3, -0.25) is 10.1 Å². The first-order valence-electron chi connectivity index (χ1n) is 4.69. The predicted octanol–water partition coefficient (Wildman–Crippen LogP) is 1.65. The van der Waals surface area contributed by atoms with Crippen LogP contribution in [0.3, 0.4) is 0 Å². The smallest absolute Gasteiger partial charge is 0.337 e. The quantitative estimate of drug-likeness (QED) is 0.430. The van der Waals surface area contributed by atoms with E-state index in [1.807, 2.05) is 0 Å². The van der Waals surface area contributed by atoms with E-state index in [1.165, 1.54) is 13.2 Å². The number of methoxy groups -OCH3 is 1. The van der Waals surface area contributed by atoms with Gasteiger partial charge in [-0.2, -0.15) is 0 Å². The minimum Gasteiger partial charge on any atom is -0.465 e. The molecule has 0 aromatic heterocycles. The van der Waals surface area contributed by atoms with Crippen molar-refractivity contribution in [2.45, 2.75) is 6.42 Å². The third-order valence-corrected chi connectivity index (χ3v) is 2.52. The highest BCUT2D eigenvalue weighted by atomic mass is 16.6. The molecule has 0 spiro atoms. The summed E-state index contributed by atoms with van der Waals surface area (Å²) in [5, 5.41) is 10.7. The van der Waals surface area contributed by atoms with Crippen molar-refractivity contribution in [2.24, 2.45) is 0 Å². The highest BCUT2D eigenvalue weighted by molar-refractivity contribution is 5.90. The zero-order chi connectivity index (χ0) is 11.7. The Balaban J connectivity index is 2.46. The molecule has 0 unspecified atom stereocenters. The Morgan fingerprint density at radius 2 is 2.25 bits per heavy atom. The molecule has 0 N–H and O–H groups in total. The van der Waals surface area contributed by atoms with Gasteiger partial charge in [0.25, 0.3) is 5.70 Å². The van der Waals surface area contributed by atoms with Crippen LogP contribution in [-0.4, -0.2) is 18.0 Å². The molecule has 1 aromatic carbocycles. The maximum atomic E-state index is 11.3. The van der Waals surface area contributed by atoms with Crippen LogP contribution in [-0.2, 0) is 11.2 Å². The van der Waals surface area contributed by atoms with Crippen molar-refractivity contribution in [3.8, 4) is 0 Å². The second-order valence-corrected chi connectivity index (χ2v) is 3.41. The van der Waals surface area contributed by atoms with Gasteiger partial charge >= 0.3 is 5.97 Å². The van der Waals surface area contributed by atoms with Gasteiger partial charge in [-0.25, -0.2) is 4.79 Å². The number of fused-ring (bicyclic) bond motifs is 1. The Hall–Kier alpha value is -2.17. The molecule has 0 saturated heterocycles. The van der Waals surface area contributed by atoms with Crippen LogP contribution in [0.4, 0.5) is 0 Å². The van der Waals surface area contributed by atoms with E-state index < -0.39 is 10.9 Å². The van der Waals surface area contributed by atoms with Crippen LogP contribution in [0.1, 0.15) is 21.5 Å². The van der Waals surface area contributed by atoms with Crippen LogP contribution >= 0.6 is 0 Å². The highest BCUT2D eigenvalue weighted by Crippen LogP contribution is 2.28. The molecule has 5 nitrogen and oxygen atoms in total. The minimum atomic E-state index is -0.489. The van der Waals surface area contributed by atoms with Gasteiger partial charge < -0.3 is 4.74 Å². The van der Waals surface area contributed by atoms with E-state index in [1.54, 1.807) is 18.2 Å². The van der Waals surface area contributed by atoms with Gasteiger partial charge in [0.1, 0.15) is 0 Å². The van der Waals surface area contributed by atoms with E-state index in [9.17, 15) is 14.9 Å². The normalized spacial score (nSPS) is 12.9. The zero-order valence-electron chi connectivity index (χ0n) is 8.60. The summed E-state index contributed by atoms with van der Waals surface area (Å²) in [6.07, 6.45) is 2.08. The number of ether oxygens (including phenoxy) is 1. The molecule has 0 atom stereocenters. The lowest BCUT2D eigenvalue weighted by Crippen LogP contribution is -2.03. The molecule has 0 fully saturated rings. The standard InChI is InChI=1S/C11H9NO4/c1-16-11(13)8-3-2-7-4-5-10(12(14)15)9(7)6-8/h2-3,5-6H,4H2,1H3. The van der Waals surface area contributed by atoms with Gasteiger partial charge in [0.15, 0.2) is 0 Å². The fourth-order valence-corrected chi connectivity index (χ4v) is 1.73. The van der Waals surface area contributed by atoms with E-state index in [0.717, 1.165) is 5.56 Å². The molecule has 0 heterocycles. The van der Waals surface area contributed by atoms with Crippen molar-refractivity contribution >= 4 is 11.7 Å². The third-order valence-electron chi connectivity index (χ3n) is 2.52. The summed E-state index contributed by atoms with van der Waals surface area (Å²) in [7, 11) is 1.28. The Kier molecular flexibility index (Phi) is 2.44. The summed E-state index contributed by atoms with van der Waals surface area (Å²) in [4.78, 5) is 21.6. The number of benzene rings is 1. The molecule has 0 radical (unpaired) electrons. The van der Waals surface area contributed by atoms with Crippen molar-refractivity contribution in [3.63, 3.8) is 0 Å². The molecule has 0 amide bonds. The number of esters is 1. The van der Waals surface area contributed by atoms with Crippen LogP contribution in [0.2, 0.25) is 0 Å². The summed E-state index contributed by atoms with van der Waals surface area (Å²) >= 11 is 0. The van der Waals surface area contributed by atoms with Crippen molar-refractivity contribution in [3.05, 3.63) is 51.1 Å². The molecule has 2 rings (SSSR count). The second-order valence-electron chi connectivity index (χ2n) is 3.41. The second kappa shape index (κ2) is 3.77. The van der Waals surface area contributed by atoms with Crippen LogP contribution in [0, 0.1) is 10.1 Å². The first kappa shape index (κ1) is 10.4. The number of rotatable bonds is 2. The van der Waals surface area contributed by atoms with Crippen LogP contribution < -0.4 is 0 Å². The number of nitrogens with zero attached hydrogens (tertiary/aromatic N) is 1. The molecule has 16 heavy (non-hydrogen) atoms. The van der Waals surface area contributed by atoms with Crippen molar-refractivity contribution in [1.29, 1.82) is 0 Å². The number of hydrogen-bond donors (Lipinski definition) is 0. The van der Waals surface area contributed by atoms with Crippen LogP contribution in [0.25, 0.3) is 5.70 Å². The zero-order valence-corrected chi connectivity index (χ0v) is 8.60. The Morgan fingerprint density at radius 1 is 1.50 bits per heavy atom. The van der Waals surface area contributed by atoms with E-state index in [4.69, 9.17) is 0 Å². The van der Waals surface area contributed by atoms with Gasteiger partial charge in [0.05, 0.1) is 23.2 Å². The average Bonchev–Trinajstić information content (AvgIpc) is 2.70. The molecule has 0 aliphatic heterocycles. The lowest BCUT2D eigenvalue weighted by Gasteiger charge is -2.02. The molecule has 1 aliphatic rings. The summed E-state index contributed by atoms with van der Waals surface area (Å²) < 4.78 is 4.56. The Morgan fingerprint density at radius 3 is 2.88 bits per heavy atom. The van der Waals surface area contributed by atoms with E-state index in [2.05, 4.69) is 4.74 Å². The van der Waals surface area contributed by atoms with Gasteiger partial charge in [-0.1, -0.05) is 6.07 Å². The van der Waals surface area contributed by atoms with Crippen molar-refractivity contribution in [2.75, 3.05) is 7.11 Å². The maximum Gasteiger partial charge on any atom is 0.337 e. The highest BCUT2D eigenvalue weighted by Gasteiger charge is 2.24. The number of carbonyl (C=O) groups excluding carboxylic acids is 1. The average molecular weight is 219 g/mol.